The molecular weight excluding hydrogens is 244 g/mol. The third-order valence-electron chi connectivity index (χ3n) is 3.28. The molecular formula is C14H18N2O3. The highest BCUT2D eigenvalue weighted by Crippen LogP contribution is 2.18. The molecule has 1 atom stereocenters. The Hall–Kier alpha value is -1.88. The Morgan fingerprint density at radius 3 is 2.79 bits per heavy atom. The standard InChI is InChI=1S/C14H18N2O3/c1-9-8-10(14(18)19-2)5-6-11(9)16-13(17)12-4-3-7-15-12/h5-6,8,12,15H,3-4,7H2,1-2H3,(H,16,17)/t12-/m1/s1. The minimum atomic E-state index is -0.376. The number of carbonyl (C=O) groups is 2. The monoisotopic (exact) mass is 262 g/mol. The van der Waals surface area contributed by atoms with Crippen molar-refractivity contribution in [1.29, 1.82) is 0 Å². The zero-order valence-electron chi connectivity index (χ0n) is 11.2. The summed E-state index contributed by atoms with van der Waals surface area (Å²) in [7, 11) is 1.35. The number of benzene rings is 1. The van der Waals surface area contributed by atoms with Crippen LogP contribution in [0.5, 0.6) is 0 Å². The first-order chi connectivity index (χ1) is 9.11. The number of carbonyl (C=O) groups excluding carboxylic acids is 2. The Morgan fingerprint density at radius 1 is 1.42 bits per heavy atom. The summed E-state index contributed by atoms with van der Waals surface area (Å²) in [6.07, 6.45) is 1.89. The molecule has 0 aliphatic carbocycles. The Morgan fingerprint density at radius 2 is 2.21 bits per heavy atom. The van der Waals surface area contributed by atoms with Gasteiger partial charge in [0.05, 0.1) is 18.7 Å². The molecule has 0 aromatic heterocycles. The maximum Gasteiger partial charge on any atom is 0.337 e. The minimum absolute atomic E-state index is 0.0218. The molecule has 2 N–H and O–H groups in total. The average Bonchev–Trinajstić information content (AvgIpc) is 2.94. The van der Waals surface area contributed by atoms with Crippen molar-refractivity contribution in [2.24, 2.45) is 0 Å². The van der Waals surface area contributed by atoms with E-state index in [0.29, 0.717) is 5.56 Å². The molecule has 0 spiro atoms. The van der Waals surface area contributed by atoms with Crippen molar-refractivity contribution in [3.63, 3.8) is 0 Å². The molecule has 1 aliphatic rings. The lowest BCUT2D eigenvalue weighted by molar-refractivity contribution is -0.117. The normalized spacial score (nSPS) is 18.1. The molecule has 0 unspecified atom stereocenters. The van der Waals surface area contributed by atoms with E-state index in [1.54, 1.807) is 18.2 Å². The quantitative estimate of drug-likeness (QED) is 0.810. The number of anilines is 1. The van der Waals surface area contributed by atoms with E-state index in [1.807, 2.05) is 6.92 Å². The first kappa shape index (κ1) is 13.5. The zero-order chi connectivity index (χ0) is 13.8. The highest BCUT2D eigenvalue weighted by molar-refractivity contribution is 5.96. The molecule has 1 heterocycles. The average molecular weight is 262 g/mol. The second kappa shape index (κ2) is 5.84. The summed E-state index contributed by atoms with van der Waals surface area (Å²) in [6.45, 7) is 2.74. The van der Waals surface area contributed by atoms with Gasteiger partial charge in [-0.25, -0.2) is 4.79 Å². The molecule has 1 aliphatic heterocycles. The van der Waals surface area contributed by atoms with E-state index >= 15 is 0 Å². The molecule has 5 heteroatoms. The Balaban J connectivity index is 2.08. The van der Waals surface area contributed by atoms with Crippen LogP contribution in [0.4, 0.5) is 5.69 Å². The van der Waals surface area contributed by atoms with Gasteiger partial charge in [0.2, 0.25) is 5.91 Å². The van der Waals surface area contributed by atoms with E-state index < -0.39 is 0 Å². The van der Waals surface area contributed by atoms with Crippen LogP contribution in [0.15, 0.2) is 18.2 Å². The van der Waals surface area contributed by atoms with Gasteiger partial charge in [0.25, 0.3) is 0 Å². The lowest BCUT2D eigenvalue weighted by Crippen LogP contribution is -2.35. The van der Waals surface area contributed by atoms with Crippen molar-refractivity contribution in [1.82, 2.24) is 5.32 Å². The van der Waals surface area contributed by atoms with Crippen LogP contribution in [0.1, 0.15) is 28.8 Å². The molecule has 1 saturated heterocycles. The number of hydrogen-bond donors (Lipinski definition) is 2. The van der Waals surface area contributed by atoms with Gasteiger partial charge in [-0.15, -0.1) is 0 Å². The van der Waals surface area contributed by atoms with Gasteiger partial charge in [-0.2, -0.15) is 0 Å². The van der Waals surface area contributed by atoms with Gasteiger partial charge < -0.3 is 15.4 Å². The number of esters is 1. The molecule has 19 heavy (non-hydrogen) atoms. The van der Waals surface area contributed by atoms with Gasteiger partial charge in [-0.3, -0.25) is 4.79 Å². The first-order valence-electron chi connectivity index (χ1n) is 6.35. The third kappa shape index (κ3) is 3.12. The molecule has 0 saturated carbocycles. The summed E-state index contributed by atoms with van der Waals surface area (Å²) in [5.41, 5.74) is 2.05. The number of aryl methyl sites for hydroxylation is 1. The molecule has 1 aromatic carbocycles. The number of amides is 1. The Bertz CT molecular complexity index is 493. The molecule has 5 nitrogen and oxygen atoms in total. The van der Waals surface area contributed by atoms with E-state index in [9.17, 15) is 9.59 Å². The molecule has 102 valence electrons. The topological polar surface area (TPSA) is 67.4 Å². The van der Waals surface area contributed by atoms with Gasteiger partial charge in [0, 0.05) is 5.69 Å². The Kier molecular flexibility index (Phi) is 4.16. The molecule has 0 radical (unpaired) electrons. The first-order valence-corrected chi connectivity index (χ1v) is 6.35. The van der Waals surface area contributed by atoms with Gasteiger partial charge in [-0.1, -0.05) is 0 Å². The third-order valence-corrected chi connectivity index (χ3v) is 3.28. The van der Waals surface area contributed by atoms with Crippen LogP contribution in [-0.2, 0) is 9.53 Å². The SMILES string of the molecule is COC(=O)c1ccc(NC(=O)[C@H]2CCCN2)c(C)c1. The smallest absolute Gasteiger partial charge is 0.337 e. The Labute approximate surface area is 112 Å². The van der Waals surface area contributed by atoms with E-state index in [2.05, 4.69) is 15.4 Å². The molecule has 1 aromatic rings. The van der Waals surface area contributed by atoms with Crippen LogP contribution in [0, 0.1) is 6.92 Å². The number of hydrogen-bond acceptors (Lipinski definition) is 4. The van der Waals surface area contributed by atoms with Crippen LogP contribution in [-0.4, -0.2) is 31.6 Å². The maximum atomic E-state index is 12.0. The number of nitrogens with one attached hydrogen (secondary N) is 2. The van der Waals surface area contributed by atoms with Crippen LogP contribution in [0.2, 0.25) is 0 Å². The summed E-state index contributed by atoms with van der Waals surface area (Å²) >= 11 is 0. The molecule has 1 amide bonds. The highest BCUT2D eigenvalue weighted by Gasteiger charge is 2.22. The zero-order valence-corrected chi connectivity index (χ0v) is 11.2. The minimum Gasteiger partial charge on any atom is -0.465 e. The molecule has 0 bridgehead atoms. The van der Waals surface area contributed by atoms with Crippen LogP contribution < -0.4 is 10.6 Å². The fourth-order valence-electron chi connectivity index (χ4n) is 2.18. The van der Waals surface area contributed by atoms with E-state index in [0.717, 1.165) is 30.6 Å². The largest absolute Gasteiger partial charge is 0.465 e. The second-order valence-electron chi connectivity index (χ2n) is 4.66. The van der Waals surface area contributed by atoms with Crippen molar-refractivity contribution < 1.29 is 14.3 Å². The van der Waals surface area contributed by atoms with Gasteiger partial charge in [0.1, 0.15) is 0 Å². The van der Waals surface area contributed by atoms with Crippen molar-refractivity contribution in [3.8, 4) is 0 Å². The van der Waals surface area contributed by atoms with Crippen LogP contribution in [0.25, 0.3) is 0 Å². The number of rotatable bonds is 3. The highest BCUT2D eigenvalue weighted by atomic mass is 16.5. The van der Waals surface area contributed by atoms with Gasteiger partial charge in [0.15, 0.2) is 0 Å². The second-order valence-corrected chi connectivity index (χ2v) is 4.66. The van der Waals surface area contributed by atoms with Gasteiger partial charge >= 0.3 is 5.97 Å². The lowest BCUT2D eigenvalue weighted by atomic mass is 10.1. The predicted octanol–water partition coefficient (Wildman–Crippen LogP) is 1.47. The van der Waals surface area contributed by atoms with Crippen molar-refractivity contribution in [3.05, 3.63) is 29.3 Å². The van der Waals surface area contributed by atoms with E-state index in [-0.39, 0.29) is 17.9 Å². The van der Waals surface area contributed by atoms with Crippen molar-refractivity contribution in [2.75, 3.05) is 19.0 Å². The summed E-state index contributed by atoms with van der Waals surface area (Å²) in [4.78, 5) is 23.4. The number of methoxy groups -OCH3 is 1. The fourth-order valence-corrected chi connectivity index (χ4v) is 2.18. The van der Waals surface area contributed by atoms with Gasteiger partial charge in [-0.05, 0) is 50.1 Å². The van der Waals surface area contributed by atoms with Crippen LogP contribution >= 0.6 is 0 Å². The summed E-state index contributed by atoms with van der Waals surface area (Å²) in [5.74, 6) is -0.398. The molecule has 2 rings (SSSR count). The summed E-state index contributed by atoms with van der Waals surface area (Å²) < 4.78 is 4.66. The number of ether oxygens (including phenoxy) is 1. The van der Waals surface area contributed by atoms with Crippen molar-refractivity contribution in [2.45, 2.75) is 25.8 Å². The molecule has 1 fully saturated rings. The summed E-state index contributed by atoms with van der Waals surface area (Å²) in [5, 5.41) is 6.03. The van der Waals surface area contributed by atoms with E-state index in [4.69, 9.17) is 0 Å². The van der Waals surface area contributed by atoms with E-state index in [1.165, 1.54) is 7.11 Å². The lowest BCUT2D eigenvalue weighted by Gasteiger charge is -2.13. The maximum absolute atomic E-state index is 12.0. The van der Waals surface area contributed by atoms with Crippen LogP contribution in [0.3, 0.4) is 0 Å². The predicted molar refractivity (Wildman–Crippen MR) is 72.2 cm³/mol. The fraction of sp³-hybridized carbons (Fsp3) is 0.429. The summed E-state index contributed by atoms with van der Waals surface area (Å²) in [6, 6.07) is 4.98. The van der Waals surface area contributed by atoms with Crippen molar-refractivity contribution >= 4 is 17.6 Å².